The van der Waals surface area contributed by atoms with Crippen molar-refractivity contribution in [1.82, 2.24) is 4.31 Å². The first-order valence-electron chi connectivity index (χ1n) is 6.03. The summed E-state index contributed by atoms with van der Waals surface area (Å²) in [5.41, 5.74) is 0.960. The topological polar surface area (TPSA) is 46.6 Å². The smallest absolute Gasteiger partial charge is 0.216 e. The van der Waals surface area contributed by atoms with Crippen molar-refractivity contribution in [2.45, 2.75) is 32.6 Å². The van der Waals surface area contributed by atoms with E-state index in [2.05, 4.69) is 0 Å². The molecule has 0 N–H and O–H groups in total. The second kappa shape index (κ2) is 6.20. The van der Waals surface area contributed by atoms with E-state index in [4.69, 9.17) is 4.74 Å². The van der Waals surface area contributed by atoms with Gasteiger partial charge in [-0.25, -0.2) is 8.42 Å². The maximum atomic E-state index is 12.1. The van der Waals surface area contributed by atoms with Gasteiger partial charge in [0, 0.05) is 13.1 Å². The lowest BCUT2D eigenvalue weighted by Crippen LogP contribution is -2.35. The van der Waals surface area contributed by atoms with Gasteiger partial charge in [-0.2, -0.15) is 4.31 Å². The predicted molar refractivity (Wildman–Crippen MR) is 73.1 cm³/mol. The summed E-state index contributed by atoms with van der Waals surface area (Å²) < 4.78 is 30.8. The van der Waals surface area contributed by atoms with Gasteiger partial charge in [-0.15, -0.1) is 0 Å². The fourth-order valence-corrected chi connectivity index (χ4v) is 2.90. The highest BCUT2D eigenvalue weighted by molar-refractivity contribution is 7.89. The van der Waals surface area contributed by atoms with Gasteiger partial charge in [-0.05, 0) is 31.5 Å². The van der Waals surface area contributed by atoms with Crippen LogP contribution in [0.3, 0.4) is 0 Å². The summed E-state index contributed by atoms with van der Waals surface area (Å²) in [4.78, 5) is 0. The molecule has 0 bridgehead atoms. The zero-order valence-corrected chi connectivity index (χ0v) is 12.2. The van der Waals surface area contributed by atoms with Crippen molar-refractivity contribution < 1.29 is 13.2 Å². The van der Waals surface area contributed by atoms with E-state index in [1.54, 1.807) is 21.0 Å². The standard InChI is InChI=1S/C13H21NO3S/c1-5-14(18(15,16)11(2)3)10-12-6-8-13(17-4)9-7-12/h6-9,11H,5,10H2,1-4H3. The normalized spacial score (nSPS) is 12.1. The molecule has 102 valence electrons. The number of ether oxygens (including phenoxy) is 1. The molecule has 0 aromatic heterocycles. The van der Waals surface area contributed by atoms with Gasteiger partial charge in [-0.1, -0.05) is 19.1 Å². The summed E-state index contributed by atoms with van der Waals surface area (Å²) in [6.45, 7) is 6.13. The van der Waals surface area contributed by atoms with Gasteiger partial charge in [-0.3, -0.25) is 0 Å². The van der Waals surface area contributed by atoms with Crippen LogP contribution in [0.5, 0.6) is 5.75 Å². The number of rotatable bonds is 6. The first-order chi connectivity index (χ1) is 8.41. The molecule has 0 fully saturated rings. The molecule has 0 amide bonds. The minimum Gasteiger partial charge on any atom is -0.497 e. The van der Waals surface area contributed by atoms with Crippen LogP contribution >= 0.6 is 0 Å². The Balaban J connectivity index is 2.86. The van der Waals surface area contributed by atoms with Crippen molar-refractivity contribution in [2.24, 2.45) is 0 Å². The zero-order valence-electron chi connectivity index (χ0n) is 11.4. The van der Waals surface area contributed by atoms with Crippen LogP contribution in [0.25, 0.3) is 0 Å². The summed E-state index contributed by atoms with van der Waals surface area (Å²) in [6.07, 6.45) is 0. The lowest BCUT2D eigenvalue weighted by Gasteiger charge is -2.22. The molecule has 1 aromatic carbocycles. The van der Waals surface area contributed by atoms with Crippen LogP contribution in [0.4, 0.5) is 0 Å². The third-order valence-electron chi connectivity index (χ3n) is 2.83. The number of sulfonamides is 1. The third-order valence-corrected chi connectivity index (χ3v) is 5.12. The second-order valence-corrected chi connectivity index (χ2v) is 6.86. The van der Waals surface area contributed by atoms with Gasteiger partial charge in [0.05, 0.1) is 12.4 Å². The lowest BCUT2D eigenvalue weighted by molar-refractivity contribution is 0.410. The minimum atomic E-state index is -3.20. The molecule has 1 aromatic rings. The molecule has 0 spiro atoms. The summed E-state index contributed by atoms with van der Waals surface area (Å²) >= 11 is 0. The highest BCUT2D eigenvalue weighted by Gasteiger charge is 2.24. The molecule has 4 nitrogen and oxygen atoms in total. The highest BCUT2D eigenvalue weighted by atomic mass is 32.2. The molecule has 5 heteroatoms. The molecule has 0 aliphatic heterocycles. The van der Waals surface area contributed by atoms with Crippen LogP contribution in [-0.2, 0) is 16.6 Å². The number of hydrogen-bond donors (Lipinski definition) is 0. The molecule has 0 saturated carbocycles. The molecule has 0 aliphatic rings. The Kier molecular flexibility index (Phi) is 5.16. The molecule has 18 heavy (non-hydrogen) atoms. The second-order valence-electron chi connectivity index (χ2n) is 4.37. The molecular weight excluding hydrogens is 250 g/mol. The van der Waals surface area contributed by atoms with Crippen LogP contribution in [0, 0.1) is 0 Å². The molecule has 0 heterocycles. The van der Waals surface area contributed by atoms with E-state index in [0.717, 1.165) is 11.3 Å². The predicted octanol–water partition coefficient (Wildman–Crippen LogP) is 2.26. The molecule has 0 saturated heterocycles. The van der Waals surface area contributed by atoms with Crippen LogP contribution in [0.15, 0.2) is 24.3 Å². The molecule has 0 unspecified atom stereocenters. The van der Waals surface area contributed by atoms with Gasteiger partial charge >= 0.3 is 0 Å². The van der Waals surface area contributed by atoms with E-state index >= 15 is 0 Å². The molecule has 0 radical (unpaired) electrons. The van der Waals surface area contributed by atoms with Gasteiger partial charge in [0.25, 0.3) is 0 Å². The Morgan fingerprint density at radius 3 is 2.17 bits per heavy atom. The van der Waals surface area contributed by atoms with Gasteiger partial charge in [0.15, 0.2) is 0 Å². The van der Waals surface area contributed by atoms with E-state index in [1.807, 2.05) is 31.2 Å². The minimum absolute atomic E-state index is 0.393. The van der Waals surface area contributed by atoms with Crippen LogP contribution in [0.2, 0.25) is 0 Å². The van der Waals surface area contributed by atoms with E-state index in [9.17, 15) is 8.42 Å². The van der Waals surface area contributed by atoms with Crippen molar-refractivity contribution in [3.63, 3.8) is 0 Å². The number of benzene rings is 1. The Bertz CT molecular complexity index is 466. The average Bonchev–Trinajstić information content (AvgIpc) is 2.36. The van der Waals surface area contributed by atoms with Gasteiger partial charge in [0.2, 0.25) is 10.0 Å². The quantitative estimate of drug-likeness (QED) is 0.797. The van der Waals surface area contributed by atoms with Crippen molar-refractivity contribution in [3.8, 4) is 5.75 Å². The van der Waals surface area contributed by atoms with Crippen molar-refractivity contribution >= 4 is 10.0 Å². The van der Waals surface area contributed by atoms with E-state index in [-0.39, 0.29) is 0 Å². The monoisotopic (exact) mass is 271 g/mol. The van der Waals surface area contributed by atoms with Crippen molar-refractivity contribution in [3.05, 3.63) is 29.8 Å². The van der Waals surface area contributed by atoms with Gasteiger partial charge in [0.1, 0.15) is 5.75 Å². The fraction of sp³-hybridized carbons (Fsp3) is 0.538. The zero-order chi connectivity index (χ0) is 13.8. The Hall–Kier alpha value is -1.07. The maximum Gasteiger partial charge on any atom is 0.216 e. The number of nitrogens with zero attached hydrogens (tertiary/aromatic N) is 1. The summed E-state index contributed by atoms with van der Waals surface area (Å²) in [5.74, 6) is 0.772. The van der Waals surface area contributed by atoms with Crippen molar-refractivity contribution in [2.75, 3.05) is 13.7 Å². The van der Waals surface area contributed by atoms with Gasteiger partial charge < -0.3 is 4.74 Å². The molecule has 1 rings (SSSR count). The first kappa shape index (κ1) is 15.0. The number of methoxy groups -OCH3 is 1. The summed E-state index contributed by atoms with van der Waals surface area (Å²) in [6, 6.07) is 7.45. The first-order valence-corrected chi connectivity index (χ1v) is 7.54. The SMILES string of the molecule is CCN(Cc1ccc(OC)cc1)S(=O)(=O)C(C)C. The lowest BCUT2D eigenvalue weighted by atomic mass is 10.2. The molecule has 0 atom stereocenters. The average molecular weight is 271 g/mol. The van der Waals surface area contributed by atoms with Crippen molar-refractivity contribution in [1.29, 1.82) is 0 Å². The maximum absolute atomic E-state index is 12.1. The Morgan fingerprint density at radius 2 is 1.78 bits per heavy atom. The number of hydrogen-bond acceptors (Lipinski definition) is 3. The fourth-order valence-electron chi connectivity index (χ4n) is 1.61. The van der Waals surface area contributed by atoms with E-state index in [0.29, 0.717) is 13.1 Å². The third kappa shape index (κ3) is 3.46. The summed E-state index contributed by atoms with van der Waals surface area (Å²) in [7, 11) is -1.59. The Labute approximate surface area is 110 Å². The van der Waals surface area contributed by atoms with Crippen LogP contribution in [-0.4, -0.2) is 31.6 Å². The molecular formula is C13H21NO3S. The largest absolute Gasteiger partial charge is 0.497 e. The highest BCUT2D eigenvalue weighted by Crippen LogP contribution is 2.16. The molecule has 0 aliphatic carbocycles. The van der Waals surface area contributed by atoms with E-state index < -0.39 is 15.3 Å². The summed E-state index contributed by atoms with van der Waals surface area (Å²) in [5, 5.41) is -0.393. The van der Waals surface area contributed by atoms with Crippen LogP contribution in [0.1, 0.15) is 26.3 Å². The Morgan fingerprint density at radius 1 is 1.22 bits per heavy atom. The van der Waals surface area contributed by atoms with Crippen LogP contribution < -0.4 is 4.74 Å². The van der Waals surface area contributed by atoms with E-state index in [1.165, 1.54) is 4.31 Å².